The molecule has 2 unspecified atom stereocenters. The van der Waals surface area contributed by atoms with Crippen molar-refractivity contribution < 1.29 is 28.8 Å². The number of allylic oxidation sites excluding steroid dienone is 1. The zero-order chi connectivity index (χ0) is 28.5. The molecule has 0 spiro atoms. The highest BCUT2D eigenvalue weighted by molar-refractivity contribution is 5.99. The number of carbonyl (C=O) groups excluding carboxylic acids is 1. The van der Waals surface area contributed by atoms with Crippen molar-refractivity contribution in [2.75, 3.05) is 20.4 Å². The van der Waals surface area contributed by atoms with E-state index in [-0.39, 0.29) is 37.3 Å². The van der Waals surface area contributed by atoms with Crippen LogP contribution in [0, 0.1) is 0 Å². The smallest absolute Gasteiger partial charge is 0.306 e. The van der Waals surface area contributed by atoms with Crippen LogP contribution >= 0.6 is 0 Å². The van der Waals surface area contributed by atoms with Gasteiger partial charge in [-0.2, -0.15) is 0 Å². The number of benzene rings is 3. The minimum absolute atomic E-state index is 0.00192. The van der Waals surface area contributed by atoms with Gasteiger partial charge in [-0.05, 0) is 90.5 Å². The van der Waals surface area contributed by atoms with E-state index in [0.717, 1.165) is 58.6 Å². The number of esters is 1. The lowest BCUT2D eigenvalue weighted by Crippen LogP contribution is -2.43. The average molecular weight is 546 g/mol. The van der Waals surface area contributed by atoms with Gasteiger partial charge in [0.2, 0.25) is 6.79 Å². The first-order valence-corrected chi connectivity index (χ1v) is 14.0. The average Bonchev–Trinajstić information content (AvgIpc) is 3.44. The molecule has 7 nitrogen and oxygen atoms in total. The second kappa shape index (κ2) is 13.9. The summed E-state index contributed by atoms with van der Waals surface area (Å²) < 4.78 is 23.0. The second-order valence-corrected chi connectivity index (χ2v) is 9.74. The van der Waals surface area contributed by atoms with Gasteiger partial charge in [0.1, 0.15) is 18.1 Å². The monoisotopic (exact) mass is 545 g/mol. The number of aromatic hydroxyl groups is 1. The molecule has 40 heavy (non-hydrogen) atoms. The largest absolute Gasteiger partial charge is 0.508 e. The molecule has 0 saturated heterocycles. The Bertz CT molecular complexity index is 1300. The Morgan fingerprint density at radius 3 is 2.20 bits per heavy atom. The van der Waals surface area contributed by atoms with Crippen LogP contribution < -0.4 is 19.5 Å². The van der Waals surface area contributed by atoms with Crippen LogP contribution in [0.4, 0.5) is 0 Å². The zero-order valence-electron chi connectivity index (χ0n) is 23.7. The first kappa shape index (κ1) is 29.0. The molecule has 0 aromatic heterocycles. The van der Waals surface area contributed by atoms with E-state index in [1.807, 2.05) is 62.5 Å². The molecule has 0 fully saturated rings. The number of hydrogen-bond donors (Lipinski definition) is 2. The summed E-state index contributed by atoms with van der Waals surface area (Å²) in [6.07, 6.45) is 2.33. The van der Waals surface area contributed by atoms with E-state index < -0.39 is 0 Å². The number of carbonyl (C=O) groups is 1. The third-order valence-corrected chi connectivity index (χ3v) is 7.09. The Morgan fingerprint density at radius 1 is 0.925 bits per heavy atom. The number of rotatable bonds is 13. The van der Waals surface area contributed by atoms with Gasteiger partial charge in [0, 0.05) is 12.5 Å². The molecule has 0 saturated carbocycles. The van der Waals surface area contributed by atoms with Crippen LogP contribution in [0.1, 0.15) is 63.1 Å². The molecule has 3 aromatic rings. The number of phenolic OH excluding ortho intramolecular Hbond substituents is 1. The molecule has 1 aliphatic rings. The van der Waals surface area contributed by atoms with Gasteiger partial charge in [-0.25, -0.2) is 0 Å². The van der Waals surface area contributed by atoms with Gasteiger partial charge < -0.3 is 29.4 Å². The van der Waals surface area contributed by atoms with E-state index in [9.17, 15) is 9.90 Å². The van der Waals surface area contributed by atoms with Gasteiger partial charge in [0.25, 0.3) is 0 Å². The third kappa shape index (κ3) is 6.96. The molecule has 212 valence electrons. The van der Waals surface area contributed by atoms with Gasteiger partial charge in [0.05, 0.1) is 0 Å². The highest BCUT2D eigenvalue weighted by Crippen LogP contribution is 2.40. The lowest BCUT2D eigenvalue weighted by Gasteiger charge is -2.26. The van der Waals surface area contributed by atoms with Crippen LogP contribution in [0.2, 0.25) is 0 Å². The highest BCUT2D eigenvalue weighted by atomic mass is 16.7. The van der Waals surface area contributed by atoms with E-state index in [4.69, 9.17) is 18.9 Å². The summed E-state index contributed by atoms with van der Waals surface area (Å²) in [5, 5.41) is 13.2. The van der Waals surface area contributed by atoms with Gasteiger partial charge in [-0.1, -0.05) is 51.1 Å². The summed E-state index contributed by atoms with van der Waals surface area (Å²) in [4.78, 5) is 12.2. The SMILES string of the molecule is CCCC(=O)OC(COc1ccc(C(=C(CC)c2ccc3c(c2)OCO3)c2ccc(O)cc2)cc1)C(CC)NC. The van der Waals surface area contributed by atoms with Crippen LogP contribution in [0.5, 0.6) is 23.0 Å². The van der Waals surface area contributed by atoms with Crippen molar-refractivity contribution in [3.05, 3.63) is 83.4 Å². The van der Waals surface area contributed by atoms with Crippen molar-refractivity contribution in [3.63, 3.8) is 0 Å². The summed E-state index contributed by atoms with van der Waals surface area (Å²) in [6.45, 7) is 6.62. The highest BCUT2D eigenvalue weighted by Gasteiger charge is 2.24. The van der Waals surface area contributed by atoms with Crippen molar-refractivity contribution in [2.24, 2.45) is 0 Å². The van der Waals surface area contributed by atoms with Gasteiger partial charge in [0.15, 0.2) is 17.6 Å². The molecule has 0 radical (unpaired) electrons. The Morgan fingerprint density at radius 2 is 1.57 bits per heavy atom. The number of phenols is 1. The van der Waals surface area contributed by atoms with Gasteiger partial charge in [-0.15, -0.1) is 0 Å². The van der Waals surface area contributed by atoms with Crippen LogP contribution in [-0.2, 0) is 9.53 Å². The van der Waals surface area contributed by atoms with Crippen molar-refractivity contribution in [3.8, 4) is 23.0 Å². The van der Waals surface area contributed by atoms with Gasteiger partial charge >= 0.3 is 5.97 Å². The van der Waals surface area contributed by atoms with E-state index in [1.54, 1.807) is 12.1 Å². The molecule has 0 amide bonds. The minimum Gasteiger partial charge on any atom is -0.508 e. The fourth-order valence-corrected chi connectivity index (χ4v) is 4.97. The molecular weight excluding hydrogens is 506 g/mol. The number of fused-ring (bicyclic) bond motifs is 1. The second-order valence-electron chi connectivity index (χ2n) is 9.74. The predicted molar refractivity (Wildman–Crippen MR) is 157 cm³/mol. The normalized spacial score (nSPS) is 14.3. The molecule has 7 heteroatoms. The fourth-order valence-electron chi connectivity index (χ4n) is 4.97. The number of nitrogens with one attached hydrogen (secondary N) is 1. The van der Waals surface area contributed by atoms with Crippen LogP contribution in [0.3, 0.4) is 0 Å². The van der Waals surface area contributed by atoms with Crippen LogP contribution in [-0.4, -0.2) is 43.7 Å². The van der Waals surface area contributed by atoms with Crippen LogP contribution in [0.25, 0.3) is 11.1 Å². The molecule has 3 aromatic carbocycles. The predicted octanol–water partition coefficient (Wildman–Crippen LogP) is 6.58. The van der Waals surface area contributed by atoms with E-state index in [2.05, 4.69) is 25.2 Å². The Balaban J connectivity index is 1.63. The van der Waals surface area contributed by atoms with E-state index >= 15 is 0 Å². The maximum atomic E-state index is 12.2. The van der Waals surface area contributed by atoms with E-state index in [1.165, 1.54) is 0 Å². The van der Waals surface area contributed by atoms with Crippen molar-refractivity contribution in [2.45, 2.75) is 58.6 Å². The lowest BCUT2D eigenvalue weighted by molar-refractivity contribution is -0.152. The lowest BCUT2D eigenvalue weighted by atomic mass is 9.88. The topological polar surface area (TPSA) is 86.3 Å². The first-order chi connectivity index (χ1) is 19.5. The first-order valence-electron chi connectivity index (χ1n) is 14.0. The summed E-state index contributed by atoms with van der Waals surface area (Å²) in [7, 11) is 1.87. The Hall–Kier alpha value is -3.97. The summed E-state index contributed by atoms with van der Waals surface area (Å²) >= 11 is 0. The van der Waals surface area contributed by atoms with E-state index in [0.29, 0.717) is 12.2 Å². The maximum Gasteiger partial charge on any atom is 0.306 e. The third-order valence-electron chi connectivity index (χ3n) is 7.09. The molecule has 0 aliphatic carbocycles. The molecular formula is C33H39NO6. The van der Waals surface area contributed by atoms with Crippen LogP contribution in [0.15, 0.2) is 66.7 Å². The van der Waals surface area contributed by atoms with Crippen molar-refractivity contribution in [1.29, 1.82) is 0 Å². The molecule has 1 aliphatic heterocycles. The zero-order valence-corrected chi connectivity index (χ0v) is 23.7. The molecule has 1 heterocycles. The minimum atomic E-state index is -0.390. The number of hydrogen-bond acceptors (Lipinski definition) is 7. The molecule has 2 N–H and O–H groups in total. The van der Waals surface area contributed by atoms with Crippen molar-refractivity contribution in [1.82, 2.24) is 5.32 Å². The number of likely N-dealkylation sites (N-methyl/N-ethyl adjacent to an activating group) is 1. The number of ether oxygens (including phenoxy) is 4. The summed E-state index contributed by atoms with van der Waals surface area (Å²) in [5.74, 6) is 2.18. The fraction of sp³-hybridized carbons (Fsp3) is 0.364. The quantitative estimate of drug-likeness (QED) is 0.185. The Labute approximate surface area is 236 Å². The van der Waals surface area contributed by atoms with Gasteiger partial charge in [-0.3, -0.25) is 4.79 Å². The van der Waals surface area contributed by atoms with Crippen molar-refractivity contribution >= 4 is 17.1 Å². The maximum absolute atomic E-state index is 12.2. The standard InChI is InChI=1S/C33H39NO6/c1-5-8-32(36)40-31(28(7-3)34-4)20-37-26-16-11-23(12-17-26)33(22-9-14-25(35)15-10-22)27(6-2)24-13-18-29-30(19-24)39-21-38-29/h9-19,28,31,34-35H,5-8,20-21H2,1-4H3. The molecule has 4 rings (SSSR count). The Kier molecular flexibility index (Phi) is 10.1. The molecule has 2 atom stereocenters. The summed E-state index contributed by atoms with van der Waals surface area (Å²) in [6, 6.07) is 21.2. The summed E-state index contributed by atoms with van der Waals surface area (Å²) in [5.41, 5.74) is 5.24. The molecule has 0 bridgehead atoms.